The van der Waals surface area contributed by atoms with Gasteiger partial charge in [-0.05, 0) is 6.92 Å². The smallest absolute Gasteiger partial charge is 0.306 e. The summed E-state index contributed by atoms with van der Waals surface area (Å²) >= 11 is 0. The fourth-order valence-corrected chi connectivity index (χ4v) is 0.860. The summed E-state index contributed by atoms with van der Waals surface area (Å²) in [5.74, 6) is 1.47. The van der Waals surface area contributed by atoms with Crippen molar-refractivity contribution in [1.82, 2.24) is 5.32 Å². The molecule has 2 atom stereocenters. The molecule has 0 aromatic heterocycles. The summed E-state index contributed by atoms with van der Waals surface area (Å²) in [6.45, 7) is 2.14. The molecule has 0 saturated carbocycles. The highest BCUT2D eigenvalue weighted by Gasteiger charge is 2.09. The third kappa shape index (κ3) is 7.32. The second kappa shape index (κ2) is 6.46. The van der Waals surface area contributed by atoms with Crippen LogP contribution < -0.4 is 5.32 Å². The zero-order valence-electron chi connectivity index (χ0n) is 7.66. The van der Waals surface area contributed by atoms with E-state index in [0.717, 1.165) is 0 Å². The fourth-order valence-electron chi connectivity index (χ4n) is 0.860. The summed E-state index contributed by atoms with van der Waals surface area (Å²) < 4.78 is 0. The van der Waals surface area contributed by atoms with Crippen LogP contribution in [0.25, 0.3) is 0 Å². The highest BCUT2D eigenvalue weighted by Crippen LogP contribution is 1.92. The predicted molar refractivity (Wildman–Crippen MR) is 49.2 cm³/mol. The van der Waals surface area contributed by atoms with Gasteiger partial charge in [0, 0.05) is 19.0 Å². The number of carboxylic acids is 1. The molecular weight excluding hydrogens is 170 g/mol. The predicted octanol–water partition coefficient (Wildman–Crippen LogP) is -0.177. The fraction of sp³-hybridized carbons (Fsp3) is 0.667. The summed E-state index contributed by atoms with van der Waals surface area (Å²) in [5, 5.41) is 20.4. The Labute approximate surface area is 78.0 Å². The van der Waals surface area contributed by atoms with E-state index >= 15 is 0 Å². The number of aliphatic hydroxyl groups excluding tert-OH is 1. The molecule has 74 valence electrons. The maximum atomic E-state index is 10.2. The van der Waals surface area contributed by atoms with E-state index in [-0.39, 0.29) is 19.0 Å². The largest absolute Gasteiger partial charge is 0.481 e. The van der Waals surface area contributed by atoms with E-state index in [1.165, 1.54) is 0 Å². The van der Waals surface area contributed by atoms with E-state index in [1.807, 2.05) is 6.92 Å². The van der Waals surface area contributed by atoms with Crippen molar-refractivity contribution in [2.24, 2.45) is 0 Å². The number of rotatable bonds is 6. The van der Waals surface area contributed by atoms with Gasteiger partial charge in [0.25, 0.3) is 0 Å². The Balaban J connectivity index is 3.52. The summed E-state index contributed by atoms with van der Waals surface area (Å²) in [5.41, 5.74) is 0. The number of hydrogen-bond acceptors (Lipinski definition) is 3. The average Bonchev–Trinajstić information content (AvgIpc) is 2.00. The maximum absolute atomic E-state index is 10.2. The van der Waals surface area contributed by atoms with Gasteiger partial charge >= 0.3 is 5.97 Å². The molecule has 0 aromatic rings. The molecule has 4 nitrogen and oxygen atoms in total. The minimum absolute atomic E-state index is 0.105. The zero-order valence-corrected chi connectivity index (χ0v) is 7.66. The molecule has 4 heteroatoms. The number of carbonyl (C=O) groups is 1. The van der Waals surface area contributed by atoms with Gasteiger partial charge in [-0.2, -0.15) is 0 Å². The molecule has 0 spiro atoms. The summed E-state index contributed by atoms with van der Waals surface area (Å²) in [6, 6.07) is 0.105. The number of nitrogens with one attached hydrogen (secondary N) is 1. The molecule has 0 heterocycles. The van der Waals surface area contributed by atoms with Crippen molar-refractivity contribution in [1.29, 1.82) is 0 Å². The highest BCUT2D eigenvalue weighted by atomic mass is 16.4. The van der Waals surface area contributed by atoms with Gasteiger partial charge in [0.1, 0.15) is 0 Å². The van der Waals surface area contributed by atoms with Crippen LogP contribution in [-0.4, -0.2) is 34.9 Å². The summed E-state index contributed by atoms with van der Waals surface area (Å²) in [4.78, 5) is 10.2. The number of aliphatic hydroxyl groups is 1. The first kappa shape index (κ1) is 11.9. The van der Waals surface area contributed by atoms with E-state index in [0.29, 0.717) is 6.42 Å². The van der Waals surface area contributed by atoms with Crippen molar-refractivity contribution in [3.05, 3.63) is 0 Å². The van der Waals surface area contributed by atoms with Gasteiger partial charge in [-0.3, -0.25) is 4.79 Å². The standard InChI is InChI=1S/C9H15NO3/c1-3-4-7(2)10-6-8(11)5-9(12)13/h1,7-8,10-11H,4-6H2,2H3,(H,12,13). The summed E-state index contributed by atoms with van der Waals surface area (Å²) in [6.07, 6.45) is 4.55. The van der Waals surface area contributed by atoms with Crippen LogP contribution in [0.4, 0.5) is 0 Å². The minimum atomic E-state index is -1.00. The molecular formula is C9H15NO3. The van der Waals surface area contributed by atoms with Gasteiger partial charge < -0.3 is 15.5 Å². The van der Waals surface area contributed by atoms with E-state index < -0.39 is 12.1 Å². The first-order chi connectivity index (χ1) is 6.06. The van der Waals surface area contributed by atoms with E-state index in [2.05, 4.69) is 11.2 Å². The number of hydrogen-bond donors (Lipinski definition) is 3. The highest BCUT2D eigenvalue weighted by molar-refractivity contribution is 5.67. The molecule has 0 aliphatic rings. The molecule has 0 amide bonds. The molecule has 0 aromatic carbocycles. The Bertz CT molecular complexity index is 198. The van der Waals surface area contributed by atoms with Crippen LogP contribution in [0.3, 0.4) is 0 Å². The van der Waals surface area contributed by atoms with Crippen LogP contribution in [0, 0.1) is 12.3 Å². The maximum Gasteiger partial charge on any atom is 0.306 e. The molecule has 0 bridgehead atoms. The number of terminal acetylenes is 1. The van der Waals surface area contributed by atoms with E-state index in [9.17, 15) is 4.79 Å². The number of carboxylic acid groups (broad SMARTS) is 1. The lowest BCUT2D eigenvalue weighted by Gasteiger charge is -2.13. The van der Waals surface area contributed by atoms with Crippen molar-refractivity contribution in [3.8, 4) is 12.3 Å². The minimum Gasteiger partial charge on any atom is -0.481 e. The van der Waals surface area contributed by atoms with Crippen molar-refractivity contribution in [2.45, 2.75) is 31.9 Å². The normalized spacial score (nSPS) is 14.5. The quantitative estimate of drug-likeness (QED) is 0.502. The molecule has 0 fully saturated rings. The molecule has 0 aliphatic heterocycles. The second-order valence-corrected chi connectivity index (χ2v) is 2.97. The molecule has 0 saturated heterocycles. The molecule has 3 N–H and O–H groups in total. The summed E-state index contributed by atoms with van der Waals surface area (Å²) in [7, 11) is 0. The van der Waals surface area contributed by atoms with Gasteiger partial charge in [-0.1, -0.05) is 0 Å². The Morgan fingerprint density at radius 3 is 2.77 bits per heavy atom. The second-order valence-electron chi connectivity index (χ2n) is 2.97. The topological polar surface area (TPSA) is 69.6 Å². The lowest BCUT2D eigenvalue weighted by Crippen LogP contribution is -2.34. The van der Waals surface area contributed by atoms with Crippen LogP contribution in [0.5, 0.6) is 0 Å². The first-order valence-corrected chi connectivity index (χ1v) is 4.13. The van der Waals surface area contributed by atoms with E-state index in [4.69, 9.17) is 16.6 Å². The molecule has 2 unspecified atom stereocenters. The third-order valence-electron chi connectivity index (χ3n) is 1.54. The van der Waals surface area contributed by atoms with Crippen molar-refractivity contribution in [2.75, 3.05) is 6.54 Å². The molecule has 0 radical (unpaired) electrons. The molecule has 0 aliphatic carbocycles. The van der Waals surface area contributed by atoms with Crippen LogP contribution in [0.15, 0.2) is 0 Å². The zero-order chi connectivity index (χ0) is 10.3. The van der Waals surface area contributed by atoms with Gasteiger partial charge in [-0.25, -0.2) is 0 Å². The molecule has 0 rings (SSSR count). The first-order valence-electron chi connectivity index (χ1n) is 4.13. The van der Waals surface area contributed by atoms with Crippen LogP contribution in [0.2, 0.25) is 0 Å². The van der Waals surface area contributed by atoms with Crippen molar-refractivity contribution in [3.63, 3.8) is 0 Å². The monoisotopic (exact) mass is 185 g/mol. The van der Waals surface area contributed by atoms with Crippen LogP contribution in [0.1, 0.15) is 19.8 Å². The van der Waals surface area contributed by atoms with Crippen molar-refractivity contribution < 1.29 is 15.0 Å². The van der Waals surface area contributed by atoms with Gasteiger partial charge in [-0.15, -0.1) is 12.3 Å². The Morgan fingerprint density at radius 2 is 2.31 bits per heavy atom. The van der Waals surface area contributed by atoms with E-state index in [1.54, 1.807) is 0 Å². The van der Waals surface area contributed by atoms with Crippen LogP contribution in [-0.2, 0) is 4.79 Å². The van der Waals surface area contributed by atoms with Crippen LogP contribution >= 0.6 is 0 Å². The van der Waals surface area contributed by atoms with Crippen molar-refractivity contribution >= 4 is 5.97 Å². The number of aliphatic carboxylic acids is 1. The Hall–Kier alpha value is -1.05. The lowest BCUT2D eigenvalue weighted by molar-refractivity contribution is -0.139. The third-order valence-corrected chi connectivity index (χ3v) is 1.54. The average molecular weight is 185 g/mol. The van der Waals surface area contributed by atoms with Gasteiger partial charge in [0.15, 0.2) is 0 Å². The Morgan fingerprint density at radius 1 is 1.69 bits per heavy atom. The SMILES string of the molecule is C#CCC(C)NCC(O)CC(=O)O. The Kier molecular flexibility index (Phi) is 5.94. The lowest BCUT2D eigenvalue weighted by atomic mass is 10.2. The van der Waals surface area contributed by atoms with Gasteiger partial charge in [0.2, 0.25) is 0 Å². The van der Waals surface area contributed by atoms with Gasteiger partial charge in [0.05, 0.1) is 12.5 Å². The molecule has 13 heavy (non-hydrogen) atoms.